The summed E-state index contributed by atoms with van der Waals surface area (Å²) in [7, 11) is -3.78. The van der Waals surface area contributed by atoms with Crippen molar-refractivity contribution in [1.29, 1.82) is 0 Å². The van der Waals surface area contributed by atoms with Crippen molar-refractivity contribution in [2.75, 3.05) is 31.9 Å². The number of aliphatic hydroxyl groups is 2. The number of amides is 1. The van der Waals surface area contributed by atoms with Gasteiger partial charge >= 0.3 is 0 Å². The Morgan fingerprint density at radius 3 is 2.00 bits per heavy atom. The monoisotopic (exact) mass is 581 g/mol. The Morgan fingerprint density at radius 1 is 1.00 bits per heavy atom. The van der Waals surface area contributed by atoms with Crippen LogP contribution in [0.1, 0.15) is 31.9 Å². The maximum atomic E-state index is 11.7. The van der Waals surface area contributed by atoms with Gasteiger partial charge in [0.15, 0.2) is 5.75 Å². The van der Waals surface area contributed by atoms with Crippen LogP contribution in [0.5, 0.6) is 11.5 Å². The Bertz CT molecular complexity index is 1130. The van der Waals surface area contributed by atoms with E-state index in [1.54, 1.807) is 24.3 Å². The maximum absolute atomic E-state index is 11.7. The summed E-state index contributed by atoms with van der Waals surface area (Å²) in [5.41, 5.74) is 1.25. The second-order valence-corrected chi connectivity index (χ2v) is 11.8. The lowest BCUT2D eigenvalue weighted by atomic mass is 9.78. The fourth-order valence-corrected chi connectivity index (χ4v) is 4.95. The van der Waals surface area contributed by atoms with Crippen molar-refractivity contribution in [3.8, 4) is 11.5 Å². The molecule has 0 saturated carbocycles. The highest BCUT2D eigenvalue weighted by Crippen LogP contribution is 2.40. The molecule has 2 rings (SSSR count). The van der Waals surface area contributed by atoms with Crippen LogP contribution in [0.4, 0.5) is 0 Å². The van der Waals surface area contributed by atoms with E-state index < -0.39 is 40.1 Å². The summed E-state index contributed by atoms with van der Waals surface area (Å²) in [5, 5.41) is 20.4. The minimum absolute atomic E-state index is 0.0243. The lowest BCUT2D eigenvalue weighted by molar-refractivity contribution is -0.125. The van der Waals surface area contributed by atoms with Crippen LogP contribution < -0.4 is 9.47 Å². The quantitative estimate of drug-likeness (QED) is 0.366. The summed E-state index contributed by atoms with van der Waals surface area (Å²) in [6.45, 7) is 4.46. The number of hydrogen-bond donors (Lipinski definition) is 2. The van der Waals surface area contributed by atoms with E-state index in [9.17, 15) is 23.4 Å². The molecule has 0 fully saturated rings. The highest BCUT2D eigenvalue weighted by Gasteiger charge is 2.26. The van der Waals surface area contributed by atoms with Crippen molar-refractivity contribution in [1.82, 2.24) is 4.31 Å². The average molecular weight is 583 g/mol. The van der Waals surface area contributed by atoms with Gasteiger partial charge in [-0.05, 0) is 35.4 Å². The summed E-state index contributed by atoms with van der Waals surface area (Å²) >= 11 is 18.4. The molecule has 2 atom stereocenters. The summed E-state index contributed by atoms with van der Waals surface area (Å²) in [5.74, 6) is 0.0654. The molecule has 0 saturated heterocycles. The predicted octanol–water partition coefficient (Wildman–Crippen LogP) is 3.85. The average Bonchev–Trinajstić information content (AvgIpc) is 2.79. The minimum Gasteiger partial charge on any atom is -0.491 e. The maximum Gasteiger partial charge on any atom is 0.234 e. The van der Waals surface area contributed by atoms with Gasteiger partial charge in [-0.2, -0.15) is 0 Å². The Kier molecular flexibility index (Phi) is 10.7. The van der Waals surface area contributed by atoms with Crippen LogP contribution in [-0.4, -0.2) is 72.9 Å². The van der Waals surface area contributed by atoms with E-state index in [4.69, 9.17) is 44.3 Å². The standard InChI is InChI=1S/C24H30Cl3NO7S/c1-15(29)28(36(4,32)33)12-19(31)14-34-20-7-5-16(6-8-20)24(2,3)17-9-21(26)23(22(27)10-17)35-13-18(30)11-25/h5-10,18-19,30-31H,11-14H2,1-4H3/t18-,19-/m1/s1. The van der Waals surface area contributed by atoms with Gasteiger partial charge in [0.2, 0.25) is 15.9 Å². The molecule has 8 nitrogen and oxygen atoms in total. The zero-order chi connectivity index (χ0) is 27.3. The van der Waals surface area contributed by atoms with Crippen LogP contribution in [0.3, 0.4) is 0 Å². The van der Waals surface area contributed by atoms with Crippen molar-refractivity contribution in [2.24, 2.45) is 0 Å². The molecule has 2 N–H and O–H groups in total. The first-order chi connectivity index (χ1) is 16.7. The number of rotatable bonds is 12. The van der Waals surface area contributed by atoms with Gasteiger partial charge in [0.1, 0.15) is 31.2 Å². The van der Waals surface area contributed by atoms with E-state index >= 15 is 0 Å². The Balaban J connectivity index is 2.10. The summed E-state index contributed by atoms with van der Waals surface area (Å²) in [6, 6.07) is 10.6. The minimum atomic E-state index is -3.78. The van der Waals surface area contributed by atoms with Crippen LogP contribution in [-0.2, 0) is 20.2 Å². The number of aliphatic hydroxyl groups excluding tert-OH is 2. The van der Waals surface area contributed by atoms with Crippen molar-refractivity contribution < 1.29 is 32.9 Å². The number of sulfonamides is 1. The van der Waals surface area contributed by atoms with Crippen LogP contribution in [0.25, 0.3) is 0 Å². The molecule has 0 aromatic heterocycles. The molecule has 200 valence electrons. The molecule has 1 amide bonds. The van der Waals surface area contributed by atoms with Crippen LogP contribution in [0.15, 0.2) is 36.4 Å². The molecular formula is C24H30Cl3NO7S. The van der Waals surface area contributed by atoms with Crippen molar-refractivity contribution in [3.63, 3.8) is 0 Å². The largest absolute Gasteiger partial charge is 0.491 e. The van der Waals surface area contributed by atoms with Gasteiger partial charge in [0.25, 0.3) is 0 Å². The van der Waals surface area contributed by atoms with Crippen molar-refractivity contribution in [2.45, 2.75) is 38.4 Å². The van der Waals surface area contributed by atoms with Gasteiger partial charge < -0.3 is 19.7 Å². The number of carbonyl (C=O) groups is 1. The van der Waals surface area contributed by atoms with Crippen molar-refractivity contribution in [3.05, 3.63) is 57.6 Å². The van der Waals surface area contributed by atoms with Crippen LogP contribution in [0, 0.1) is 0 Å². The Labute approximate surface area is 226 Å². The number of nitrogens with zero attached hydrogens (tertiary/aromatic N) is 1. The molecule has 0 aliphatic heterocycles. The molecule has 12 heteroatoms. The molecule has 0 aliphatic carbocycles. The number of carbonyl (C=O) groups excluding carboxylic acids is 1. The Morgan fingerprint density at radius 2 is 1.53 bits per heavy atom. The predicted molar refractivity (Wildman–Crippen MR) is 141 cm³/mol. The van der Waals surface area contributed by atoms with E-state index in [1.807, 2.05) is 26.0 Å². The molecule has 2 aromatic carbocycles. The molecule has 0 radical (unpaired) electrons. The van der Waals surface area contributed by atoms with Gasteiger partial charge in [-0.1, -0.05) is 49.2 Å². The summed E-state index contributed by atoms with van der Waals surface area (Å²) < 4.78 is 35.0. The van der Waals surface area contributed by atoms with E-state index in [2.05, 4.69) is 0 Å². The SMILES string of the molecule is CC(=O)N(C[C@@H](O)COc1ccc(C(C)(C)c2cc(Cl)c(OC[C@H](O)CCl)c(Cl)c2)cc1)S(C)(=O)=O. The second kappa shape index (κ2) is 12.7. The normalized spacial score (nSPS) is 13.7. The number of alkyl halides is 1. The van der Waals surface area contributed by atoms with Crippen LogP contribution >= 0.6 is 34.8 Å². The van der Waals surface area contributed by atoms with Gasteiger partial charge in [0.05, 0.1) is 28.7 Å². The molecule has 0 bridgehead atoms. The molecule has 0 unspecified atom stereocenters. The van der Waals surface area contributed by atoms with Gasteiger partial charge in [-0.3, -0.25) is 4.79 Å². The number of hydrogen-bond acceptors (Lipinski definition) is 7. The third-order valence-corrected chi connectivity index (χ3v) is 7.59. The third kappa shape index (κ3) is 8.13. The first-order valence-electron chi connectivity index (χ1n) is 10.9. The lowest BCUT2D eigenvalue weighted by Crippen LogP contribution is -2.41. The number of halogens is 3. The number of benzene rings is 2. The first-order valence-corrected chi connectivity index (χ1v) is 14.1. The zero-order valence-electron chi connectivity index (χ0n) is 20.4. The van der Waals surface area contributed by atoms with E-state index in [0.717, 1.165) is 24.3 Å². The van der Waals surface area contributed by atoms with E-state index in [1.165, 1.54) is 0 Å². The lowest BCUT2D eigenvalue weighted by Gasteiger charge is -2.27. The highest BCUT2D eigenvalue weighted by molar-refractivity contribution is 7.88. The number of ether oxygens (including phenoxy) is 2. The second-order valence-electron chi connectivity index (χ2n) is 8.82. The van der Waals surface area contributed by atoms with Crippen molar-refractivity contribution >= 4 is 50.7 Å². The topological polar surface area (TPSA) is 113 Å². The molecular weight excluding hydrogens is 553 g/mol. The molecule has 2 aromatic rings. The summed E-state index contributed by atoms with van der Waals surface area (Å²) in [4.78, 5) is 11.5. The van der Waals surface area contributed by atoms with Gasteiger partial charge in [-0.15, -0.1) is 11.6 Å². The smallest absolute Gasteiger partial charge is 0.234 e. The molecule has 0 aliphatic rings. The first kappa shape index (κ1) is 30.5. The van der Waals surface area contributed by atoms with E-state index in [-0.39, 0.29) is 24.8 Å². The van der Waals surface area contributed by atoms with Gasteiger partial charge in [-0.25, -0.2) is 12.7 Å². The summed E-state index contributed by atoms with van der Waals surface area (Å²) in [6.07, 6.45) is -1.14. The third-order valence-electron chi connectivity index (χ3n) is 5.46. The molecule has 0 heterocycles. The van der Waals surface area contributed by atoms with Gasteiger partial charge in [0, 0.05) is 12.3 Å². The molecule has 36 heavy (non-hydrogen) atoms. The fourth-order valence-electron chi connectivity index (χ4n) is 3.35. The van der Waals surface area contributed by atoms with Crippen LogP contribution in [0.2, 0.25) is 10.0 Å². The zero-order valence-corrected chi connectivity index (χ0v) is 23.5. The molecule has 0 spiro atoms. The Hall–Kier alpha value is -1.75. The van der Waals surface area contributed by atoms with E-state index in [0.29, 0.717) is 20.1 Å². The highest BCUT2D eigenvalue weighted by atomic mass is 35.5. The fraction of sp³-hybridized carbons (Fsp3) is 0.458.